The average molecular weight is 320 g/mol. The molecule has 1 fully saturated rings. The lowest BCUT2D eigenvalue weighted by molar-refractivity contribution is 0.270. The maximum absolute atomic E-state index is 12.6. The Hall–Kier alpha value is -0.170. The number of hydrogen-bond acceptors (Lipinski definition) is 4. The van der Waals surface area contributed by atoms with E-state index in [1.165, 1.54) is 0 Å². The van der Waals surface area contributed by atoms with Gasteiger partial charge in [-0.15, -0.1) is 0 Å². The highest BCUT2D eigenvalue weighted by molar-refractivity contribution is 7.89. The first kappa shape index (κ1) is 18.9. The molecule has 0 bridgehead atoms. The van der Waals surface area contributed by atoms with Crippen molar-refractivity contribution in [3.8, 4) is 0 Å². The predicted molar refractivity (Wildman–Crippen MR) is 89.1 cm³/mol. The Morgan fingerprint density at radius 2 is 1.95 bits per heavy atom. The zero-order valence-electron chi connectivity index (χ0n) is 14.1. The second kappa shape index (κ2) is 9.08. The van der Waals surface area contributed by atoms with Crippen LogP contribution in [0.4, 0.5) is 0 Å². The van der Waals surface area contributed by atoms with Crippen LogP contribution in [-0.4, -0.2) is 68.7 Å². The lowest BCUT2D eigenvalue weighted by Gasteiger charge is -2.29. The summed E-state index contributed by atoms with van der Waals surface area (Å²) in [5, 5.41) is 3.33. The first-order valence-corrected chi connectivity index (χ1v) is 9.89. The lowest BCUT2D eigenvalue weighted by atomic mass is 10.2. The van der Waals surface area contributed by atoms with E-state index >= 15 is 0 Å². The normalized spacial score (nSPS) is 22.6. The molecule has 1 aliphatic heterocycles. The van der Waals surface area contributed by atoms with Gasteiger partial charge in [-0.2, -0.15) is 4.31 Å². The molecule has 1 aliphatic rings. The third-order valence-electron chi connectivity index (χ3n) is 4.06. The Balaban J connectivity index is 2.50. The summed E-state index contributed by atoms with van der Waals surface area (Å²) in [5.74, 6) is 0.285. The van der Waals surface area contributed by atoms with Crippen LogP contribution in [0.25, 0.3) is 0 Å². The standard InChI is InChI=1S/C15H33N3O2S/c1-5-15-13-17(4)10-8-11-18(15)21(19,20)12-7-6-9-16-14(2)3/h14-16H,5-13H2,1-4H3. The van der Waals surface area contributed by atoms with Gasteiger partial charge in [0.2, 0.25) is 10.0 Å². The van der Waals surface area contributed by atoms with E-state index in [4.69, 9.17) is 0 Å². The van der Waals surface area contributed by atoms with E-state index in [-0.39, 0.29) is 11.8 Å². The van der Waals surface area contributed by atoms with Crippen molar-refractivity contribution < 1.29 is 8.42 Å². The number of nitrogens with zero attached hydrogens (tertiary/aromatic N) is 2. The van der Waals surface area contributed by atoms with Gasteiger partial charge in [0.05, 0.1) is 5.75 Å². The summed E-state index contributed by atoms with van der Waals surface area (Å²) in [6.45, 7) is 9.71. The van der Waals surface area contributed by atoms with Crippen LogP contribution >= 0.6 is 0 Å². The van der Waals surface area contributed by atoms with Crippen molar-refractivity contribution in [3.63, 3.8) is 0 Å². The molecule has 1 rings (SSSR count). The summed E-state index contributed by atoms with van der Waals surface area (Å²) in [4.78, 5) is 2.25. The Kier molecular flexibility index (Phi) is 8.16. The molecular weight excluding hydrogens is 286 g/mol. The fraction of sp³-hybridized carbons (Fsp3) is 1.00. The Morgan fingerprint density at radius 3 is 2.57 bits per heavy atom. The van der Waals surface area contributed by atoms with Crippen LogP contribution in [-0.2, 0) is 10.0 Å². The average Bonchev–Trinajstić information content (AvgIpc) is 2.59. The van der Waals surface area contributed by atoms with E-state index in [0.29, 0.717) is 12.6 Å². The lowest BCUT2D eigenvalue weighted by Crippen LogP contribution is -2.44. The predicted octanol–water partition coefficient (Wildman–Crippen LogP) is 1.51. The largest absolute Gasteiger partial charge is 0.315 e. The molecular formula is C15H33N3O2S. The summed E-state index contributed by atoms with van der Waals surface area (Å²) in [5.41, 5.74) is 0. The van der Waals surface area contributed by atoms with Crippen LogP contribution in [0.1, 0.15) is 46.5 Å². The van der Waals surface area contributed by atoms with Crippen molar-refractivity contribution in [2.75, 3.05) is 39.0 Å². The fourth-order valence-corrected chi connectivity index (χ4v) is 4.72. The highest BCUT2D eigenvalue weighted by atomic mass is 32.2. The molecule has 6 heteroatoms. The molecule has 0 radical (unpaired) electrons. The first-order chi connectivity index (χ1) is 9.86. The van der Waals surface area contributed by atoms with Gasteiger partial charge in [0.1, 0.15) is 0 Å². The molecule has 1 N–H and O–H groups in total. The SMILES string of the molecule is CCC1CN(C)CCCN1S(=O)(=O)CCCCNC(C)C. The number of nitrogens with one attached hydrogen (secondary N) is 1. The Labute approximate surface area is 131 Å². The monoisotopic (exact) mass is 319 g/mol. The molecule has 1 heterocycles. The molecule has 0 saturated carbocycles. The van der Waals surface area contributed by atoms with Gasteiger partial charge < -0.3 is 10.2 Å². The Bertz CT molecular complexity index is 384. The van der Waals surface area contributed by atoms with Crippen LogP contribution in [0.3, 0.4) is 0 Å². The smallest absolute Gasteiger partial charge is 0.214 e. The second-order valence-corrected chi connectivity index (χ2v) is 8.46. The van der Waals surface area contributed by atoms with E-state index in [1.807, 2.05) is 0 Å². The third kappa shape index (κ3) is 6.63. The van der Waals surface area contributed by atoms with Crippen LogP contribution in [0.2, 0.25) is 0 Å². The van der Waals surface area contributed by atoms with E-state index in [0.717, 1.165) is 45.3 Å². The van der Waals surface area contributed by atoms with E-state index < -0.39 is 10.0 Å². The summed E-state index contributed by atoms with van der Waals surface area (Å²) < 4.78 is 27.0. The zero-order chi connectivity index (χ0) is 15.9. The van der Waals surface area contributed by atoms with Crippen molar-refractivity contribution in [1.29, 1.82) is 0 Å². The van der Waals surface area contributed by atoms with Crippen LogP contribution in [0, 0.1) is 0 Å². The van der Waals surface area contributed by atoms with Gasteiger partial charge in [0, 0.05) is 25.2 Å². The quantitative estimate of drug-likeness (QED) is 0.689. The van der Waals surface area contributed by atoms with Crippen LogP contribution in [0.15, 0.2) is 0 Å². The molecule has 0 spiro atoms. The number of sulfonamides is 1. The van der Waals surface area contributed by atoms with Crippen molar-refractivity contribution in [3.05, 3.63) is 0 Å². The maximum atomic E-state index is 12.6. The molecule has 21 heavy (non-hydrogen) atoms. The molecule has 0 aromatic heterocycles. The fourth-order valence-electron chi connectivity index (χ4n) is 2.84. The van der Waals surface area contributed by atoms with Crippen LogP contribution in [0.5, 0.6) is 0 Å². The molecule has 0 aromatic rings. The van der Waals surface area contributed by atoms with Gasteiger partial charge in [0.25, 0.3) is 0 Å². The highest BCUT2D eigenvalue weighted by Crippen LogP contribution is 2.17. The van der Waals surface area contributed by atoms with Crippen molar-refractivity contribution in [1.82, 2.24) is 14.5 Å². The van der Waals surface area contributed by atoms with E-state index in [9.17, 15) is 8.42 Å². The highest BCUT2D eigenvalue weighted by Gasteiger charge is 2.30. The molecule has 5 nitrogen and oxygen atoms in total. The van der Waals surface area contributed by atoms with E-state index in [2.05, 4.69) is 38.0 Å². The van der Waals surface area contributed by atoms with Crippen molar-refractivity contribution >= 4 is 10.0 Å². The minimum atomic E-state index is -3.11. The third-order valence-corrected chi connectivity index (χ3v) is 6.06. The van der Waals surface area contributed by atoms with Gasteiger partial charge in [-0.05, 0) is 45.8 Å². The van der Waals surface area contributed by atoms with Gasteiger partial charge in [-0.3, -0.25) is 0 Å². The summed E-state index contributed by atoms with van der Waals surface area (Å²) in [7, 11) is -1.03. The molecule has 1 saturated heterocycles. The first-order valence-electron chi connectivity index (χ1n) is 8.28. The molecule has 0 aliphatic carbocycles. The van der Waals surface area contributed by atoms with Crippen molar-refractivity contribution in [2.45, 2.75) is 58.5 Å². The minimum absolute atomic E-state index is 0.135. The topological polar surface area (TPSA) is 52.7 Å². The maximum Gasteiger partial charge on any atom is 0.214 e. The number of unbranched alkanes of at least 4 members (excludes halogenated alkanes) is 1. The second-order valence-electron chi connectivity index (χ2n) is 6.42. The van der Waals surface area contributed by atoms with Crippen LogP contribution < -0.4 is 5.32 Å². The number of likely N-dealkylation sites (N-methyl/N-ethyl adjacent to an activating group) is 1. The summed E-state index contributed by atoms with van der Waals surface area (Å²) in [6, 6.07) is 0.600. The minimum Gasteiger partial charge on any atom is -0.315 e. The molecule has 1 atom stereocenters. The Morgan fingerprint density at radius 1 is 1.24 bits per heavy atom. The molecule has 0 aromatic carbocycles. The number of rotatable bonds is 8. The molecule has 0 amide bonds. The van der Waals surface area contributed by atoms with Crippen molar-refractivity contribution in [2.24, 2.45) is 0 Å². The summed E-state index contributed by atoms with van der Waals surface area (Å²) in [6.07, 6.45) is 3.48. The molecule has 126 valence electrons. The zero-order valence-corrected chi connectivity index (χ0v) is 15.0. The number of hydrogen-bond donors (Lipinski definition) is 1. The van der Waals surface area contributed by atoms with Gasteiger partial charge >= 0.3 is 0 Å². The van der Waals surface area contributed by atoms with E-state index in [1.54, 1.807) is 4.31 Å². The van der Waals surface area contributed by atoms with Gasteiger partial charge in [0.15, 0.2) is 0 Å². The summed E-state index contributed by atoms with van der Waals surface area (Å²) >= 11 is 0. The van der Waals surface area contributed by atoms with Gasteiger partial charge in [-0.1, -0.05) is 20.8 Å². The van der Waals surface area contributed by atoms with Gasteiger partial charge in [-0.25, -0.2) is 8.42 Å². The molecule has 1 unspecified atom stereocenters.